The van der Waals surface area contributed by atoms with Crippen LogP contribution in [0.25, 0.3) is 22.3 Å². The topological polar surface area (TPSA) is 29.1 Å². The van der Waals surface area contributed by atoms with Crippen LogP contribution in [-0.4, -0.2) is 5.91 Å². The van der Waals surface area contributed by atoms with Crippen molar-refractivity contribution in [3.05, 3.63) is 90.0 Å². The number of anilines is 1. The molecule has 0 bridgehead atoms. The number of carbonyl (C=O) groups is 1. The molecule has 2 heteroatoms. The number of nitrogens with one attached hydrogen (secondary N) is 1. The van der Waals surface area contributed by atoms with E-state index in [0.29, 0.717) is 12.0 Å². The Balaban J connectivity index is 1.76. The van der Waals surface area contributed by atoms with E-state index in [1.807, 2.05) is 19.1 Å². The molecular formula is C30H35NO. The Labute approximate surface area is 193 Å². The first-order chi connectivity index (χ1) is 15.5. The van der Waals surface area contributed by atoms with Crippen molar-refractivity contribution in [2.45, 2.75) is 59.3 Å². The lowest BCUT2D eigenvalue weighted by Gasteiger charge is -2.13. The molecule has 0 spiro atoms. The van der Waals surface area contributed by atoms with Crippen molar-refractivity contribution in [2.24, 2.45) is 0 Å². The van der Waals surface area contributed by atoms with Crippen molar-refractivity contribution in [1.82, 2.24) is 0 Å². The van der Waals surface area contributed by atoms with E-state index < -0.39 is 0 Å². The average Bonchev–Trinajstić information content (AvgIpc) is 2.84. The van der Waals surface area contributed by atoms with Crippen molar-refractivity contribution in [1.29, 1.82) is 0 Å². The average molecular weight is 426 g/mol. The molecule has 0 aliphatic rings. The molecule has 3 aromatic rings. The second-order valence-electron chi connectivity index (χ2n) is 8.37. The molecule has 0 heterocycles. The Morgan fingerprint density at radius 1 is 0.812 bits per heavy atom. The summed E-state index contributed by atoms with van der Waals surface area (Å²) in [5.74, 6) is -0.116. The molecule has 0 saturated heterocycles. The van der Waals surface area contributed by atoms with Crippen LogP contribution in [0.4, 0.5) is 5.69 Å². The van der Waals surface area contributed by atoms with E-state index in [2.05, 4.69) is 80.3 Å². The Bertz CT molecular complexity index is 1050. The minimum Gasteiger partial charge on any atom is -0.322 e. The minimum atomic E-state index is -0.116. The molecule has 166 valence electrons. The highest BCUT2D eigenvalue weighted by Crippen LogP contribution is 2.30. The molecule has 2 nitrogen and oxygen atoms in total. The van der Waals surface area contributed by atoms with Crippen LogP contribution >= 0.6 is 0 Å². The van der Waals surface area contributed by atoms with E-state index in [9.17, 15) is 4.79 Å². The van der Waals surface area contributed by atoms with E-state index in [1.165, 1.54) is 47.1 Å². The van der Waals surface area contributed by atoms with Gasteiger partial charge in [-0.2, -0.15) is 0 Å². The second kappa shape index (κ2) is 11.5. The zero-order valence-electron chi connectivity index (χ0n) is 19.7. The summed E-state index contributed by atoms with van der Waals surface area (Å²) in [5, 5.41) is 2.91. The van der Waals surface area contributed by atoms with Gasteiger partial charge in [-0.05, 0) is 71.2 Å². The molecule has 0 radical (unpaired) electrons. The van der Waals surface area contributed by atoms with E-state index >= 15 is 0 Å². The molecule has 32 heavy (non-hydrogen) atoms. The van der Waals surface area contributed by atoms with E-state index in [0.717, 1.165) is 24.1 Å². The van der Waals surface area contributed by atoms with Gasteiger partial charge in [-0.1, -0.05) is 94.8 Å². The number of hydrogen-bond donors (Lipinski definition) is 1. The van der Waals surface area contributed by atoms with Gasteiger partial charge in [0.25, 0.3) is 5.91 Å². The number of aryl methyl sites for hydroxylation is 2. The fraction of sp³-hybridized carbons (Fsp3) is 0.300. The summed E-state index contributed by atoms with van der Waals surface area (Å²) in [6.45, 7) is 10.2. The summed E-state index contributed by atoms with van der Waals surface area (Å²) in [5.41, 5.74) is 9.05. The number of amides is 1. The SMILES string of the molecule is C=C(CC)C(=O)Nc1ccc(-c2ccc(-c3ccc(CCCCC)cc3)cc2CC)cc1. The lowest BCUT2D eigenvalue weighted by atomic mass is 9.93. The fourth-order valence-electron chi connectivity index (χ4n) is 3.90. The van der Waals surface area contributed by atoms with Crippen LogP contribution in [0.3, 0.4) is 0 Å². The Kier molecular flexibility index (Phi) is 8.44. The largest absolute Gasteiger partial charge is 0.322 e. The fourth-order valence-corrected chi connectivity index (χ4v) is 3.90. The lowest BCUT2D eigenvalue weighted by molar-refractivity contribution is -0.112. The zero-order chi connectivity index (χ0) is 22.9. The van der Waals surface area contributed by atoms with Crippen LogP contribution in [-0.2, 0) is 17.6 Å². The third-order valence-electron chi connectivity index (χ3n) is 6.04. The summed E-state index contributed by atoms with van der Waals surface area (Å²) in [4.78, 5) is 12.0. The molecule has 0 aliphatic carbocycles. The van der Waals surface area contributed by atoms with Crippen molar-refractivity contribution in [3.63, 3.8) is 0 Å². The first-order valence-corrected chi connectivity index (χ1v) is 11.9. The van der Waals surface area contributed by atoms with Crippen LogP contribution in [0, 0.1) is 0 Å². The maximum Gasteiger partial charge on any atom is 0.250 e. The van der Waals surface area contributed by atoms with Gasteiger partial charge in [0.15, 0.2) is 0 Å². The third-order valence-corrected chi connectivity index (χ3v) is 6.04. The first kappa shape index (κ1) is 23.5. The first-order valence-electron chi connectivity index (χ1n) is 11.9. The zero-order valence-corrected chi connectivity index (χ0v) is 19.7. The molecule has 1 amide bonds. The maximum absolute atomic E-state index is 12.0. The number of hydrogen-bond acceptors (Lipinski definition) is 1. The molecule has 3 rings (SSSR count). The highest BCUT2D eigenvalue weighted by molar-refractivity contribution is 6.03. The van der Waals surface area contributed by atoms with Crippen LogP contribution in [0.5, 0.6) is 0 Å². The number of benzene rings is 3. The lowest BCUT2D eigenvalue weighted by Crippen LogP contribution is -2.12. The molecule has 0 atom stereocenters. The normalized spacial score (nSPS) is 10.7. The standard InChI is InChI=1S/C30H35NO/c1-5-8-9-10-23-11-13-25(14-12-23)27-17-20-29(24(7-3)21-27)26-15-18-28(19-16-26)31-30(32)22(4)6-2/h11-21H,4-10H2,1-3H3,(H,31,32). The number of unbranched alkanes of at least 4 members (excludes halogenated alkanes) is 2. The van der Waals surface area contributed by atoms with Gasteiger partial charge in [0.05, 0.1) is 0 Å². The van der Waals surface area contributed by atoms with Crippen LogP contribution in [0.2, 0.25) is 0 Å². The maximum atomic E-state index is 12.0. The van der Waals surface area contributed by atoms with E-state index in [-0.39, 0.29) is 5.91 Å². The van der Waals surface area contributed by atoms with Crippen molar-refractivity contribution in [2.75, 3.05) is 5.32 Å². The predicted octanol–water partition coefficient (Wildman–Crippen LogP) is 8.22. The molecule has 0 fully saturated rings. The molecule has 1 N–H and O–H groups in total. The van der Waals surface area contributed by atoms with Gasteiger partial charge in [-0.3, -0.25) is 4.79 Å². The quantitative estimate of drug-likeness (QED) is 0.257. The van der Waals surface area contributed by atoms with Gasteiger partial charge in [0.2, 0.25) is 0 Å². The monoisotopic (exact) mass is 425 g/mol. The van der Waals surface area contributed by atoms with Gasteiger partial charge < -0.3 is 5.32 Å². The summed E-state index contributed by atoms with van der Waals surface area (Å²) in [6.07, 6.45) is 6.60. The summed E-state index contributed by atoms with van der Waals surface area (Å²) < 4.78 is 0. The molecule has 3 aromatic carbocycles. The van der Waals surface area contributed by atoms with Crippen LogP contribution in [0.15, 0.2) is 78.9 Å². The number of carbonyl (C=O) groups excluding carboxylic acids is 1. The van der Waals surface area contributed by atoms with Gasteiger partial charge in [0.1, 0.15) is 0 Å². The van der Waals surface area contributed by atoms with Gasteiger partial charge >= 0.3 is 0 Å². The molecule has 0 aromatic heterocycles. The van der Waals surface area contributed by atoms with E-state index in [4.69, 9.17) is 0 Å². The highest BCUT2D eigenvalue weighted by atomic mass is 16.1. The van der Waals surface area contributed by atoms with Crippen LogP contribution in [0.1, 0.15) is 57.6 Å². The van der Waals surface area contributed by atoms with Crippen molar-refractivity contribution in [3.8, 4) is 22.3 Å². The third kappa shape index (κ3) is 5.97. The summed E-state index contributed by atoms with van der Waals surface area (Å²) >= 11 is 0. The van der Waals surface area contributed by atoms with Gasteiger partial charge in [-0.25, -0.2) is 0 Å². The van der Waals surface area contributed by atoms with Gasteiger partial charge in [0, 0.05) is 11.3 Å². The summed E-state index contributed by atoms with van der Waals surface area (Å²) in [7, 11) is 0. The van der Waals surface area contributed by atoms with Crippen molar-refractivity contribution < 1.29 is 4.79 Å². The molecule has 0 aliphatic heterocycles. The van der Waals surface area contributed by atoms with Crippen molar-refractivity contribution >= 4 is 11.6 Å². The smallest absolute Gasteiger partial charge is 0.250 e. The van der Waals surface area contributed by atoms with Crippen LogP contribution < -0.4 is 5.32 Å². The predicted molar refractivity (Wildman–Crippen MR) is 138 cm³/mol. The molecule has 0 unspecified atom stereocenters. The number of rotatable bonds is 10. The second-order valence-corrected chi connectivity index (χ2v) is 8.37. The highest BCUT2D eigenvalue weighted by Gasteiger charge is 2.09. The molecular weight excluding hydrogens is 390 g/mol. The van der Waals surface area contributed by atoms with Gasteiger partial charge in [-0.15, -0.1) is 0 Å². The molecule has 0 saturated carbocycles. The Morgan fingerprint density at radius 2 is 1.47 bits per heavy atom. The Morgan fingerprint density at radius 3 is 2.09 bits per heavy atom. The summed E-state index contributed by atoms with van der Waals surface area (Å²) in [6, 6.07) is 23.8. The van der Waals surface area contributed by atoms with E-state index in [1.54, 1.807) is 0 Å². The Hall–Kier alpha value is -3.13. The minimum absolute atomic E-state index is 0.116.